The maximum atomic E-state index is 9.81. The molecule has 0 aromatic carbocycles. The van der Waals surface area contributed by atoms with Gasteiger partial charge in [0, 0.05) is 13.1 Å². The molecule has 1 fully saturated rings. The molecule has 0 aliphatic carbocycles. The van der Waals surface area contributed by atoms with Crippen molar-refractivity contribution in [3.05, 3.63) is 5.82 Å². The Morgan fingerprint density at radius 1 is 1.24 bits per heavy atom. The predicted octanol–water partition coefficient (Wildman–Crippen LogP) is 1.35. The van der Waals surface area contributed by atoms with Gasteiger partial charge in [-0.25, -0.2) is 4.68 Å². The minimum absolute atomic E-state index is 0.486. The van der Waals surface area contributed by atoms with Crippen LogP contribution in [0.25, 0.3) is 0 Å². The first-order chi connectivity index (χ1) is 7.96. The number of hydrogen-bond acceptors (Lipinski definition) is 4. The monoisotopic (exact) mass is 238 g/mol. The minimum atomic E-state index is -0.752. The Hall–Kier alpha value is -1.10. The van der Waals surface area contributed by atoms with Gasteiger partial charge in [-0.15, -0.1) is 5.10 Å². The molecule has 1 aromatic rings. The predicted molar refractivity (Wildman–Crippen MR) is 67.1 cm³/mol. The third-order valence-corrected chi connectivity index (χ3v) is 3.02. The highest BCUT2D eigenvalue weighted by Gasteiger charge is 2.20. The Bertz CT molecular complexity index is 374. The Balaban J connectivity index is 2.12. The lowest BCUT2D eigenvalue weighted by Crippen LogP contribution is -2.31. The fourth-order valence-corrected chi connectivity index (χ4v) is 2.15. The molecule has 17 heavy (non-hydrogen) atoms. The van der Waals surface area contributed by atoms with Gasteiger partial charge in [-0.05, 0) is 40.0 Å². The molecule has 1 aromatic heterocycles. The van der Waals surface area contributed by atoms with Crippen LogP contribution < -0.4 is 4.90 Å². The van der Waals surface area contributed by atoms with Crippen LogP contribution in [0.15, 0.2) is 0 Å². The summed E-state index contributed by atoms with van der Waals surface area (Å²) in [5.41, 5.74) is -0.752. The first-order valence-corrected chi connectivity index (χ1v) is 6.34. The SMILES string of the molecule is Cc1nc(N2CCCCC2)nn1CC(C)(C)O. The number of nitrogens with zero attached hydrogens (tertiary/aromatic N) is 4. The Kier molecular flexibility index (Phi) is 3.38. The first-order valence-electron chi connectivity index (χ1n) is 6.34. The van der Waals surface area contributed by atoms with E-state index < -0.39 is 5.60 Å². The van der Waals surface area contributed by atoms with Gasteiger partial charge in [0.15, 0.2) is 0 Å². The highest BCUT2D eigenvalue weighted by molar-refractivity contribution is 5.29. The molecule has 0 amide bonds. The van der Waals surface area contributed by atoms with Crippen LogP contribution >= 0.6 is 0 Å². The van der Waals surface area contributed by atoms with E-state index in [-0.39, 0.29) is 0 Å². The summed E-state index contributed by atoms with van der Waals surface area (Å²) in [4.78, 5) is 6.72. The lowest BCUT2D eigenvalue weighted by Gasteiger charge is -2.25. The average Bonchev–Trinajstić information content (AvgIpc) is 2.59. The van der Waals surface area contributed by atoms with Crippen molar-refractivity contribution in [2.75, 3.05) is 18.0 Å². The van der Waals surface area contributed by atoms with Crippen molar-refractivity contribution in [3.63, 3.8) is 0 Å². The highest BCUT2D eigenvalue weighted by atomic mass is 16.3. The zero-order chi connectivity index (χ0) is 12.5. The van der Waals surface area contributed by atoms with Gasteiger partial charge in [0.2, 0.25) is 5.95 Å². The molecule has 0 saturated carbocycles. The summed E-state index contributed by atoms with van der Waals surface area (Å²) >= 11 is 0. The number of aliphatic hydroxyl groups is 1. The number of anilines is 1. The van der Waals surface area contributed by atoms with Gasteiger partial charge in [0.05, 0.1) is 12.1 Å². The molecule has 0 spiro atoms. The van der Waals surface area contributed by atoms with Crippen LogP contribution in [0.4, 0.5) is 5.95 Å². The molecular weight excluding hydrogens is 216 g/mol. The van der Waals surface area contributed by atoms with E-state index in [2.05, 4.69) is 15.0 Å². The van der Waals surface area contributed by atoms with E-state index in [0.717, 1.165) is 24.9 Å². The molecule has 96 valence electrons. The Labute approximate surface area is 102 Å². The maximum Gasteiger partial charge on any atom is 0.244 e. The van der Waals surface area contributed by atoms with E-state index in [9.17, 15) is 5.11 Å². The zero-order valence-electron chi connectivity index (χ0n) is 11.0. The largest absolute Gasteiger partial charge is 0.389 e. The minimum Gasteiger partial charge on any atom is -0.389 e. The molecule has 1 saturated heterocycles. The standard InChI is InChI=1S/C12H22N4O/c1-10-13-11(15-7-5-4-6-8-15)14-16(10)9-12(2,3)17/h17H,4-9H2,1-3H3. The second-order valence-corrected chi connectivity index (χ2v) is 5.48. The van der Waals surface area contributed by atoms with Gasteiger partial charge in [0.1, 0.15) is 5.82 Å². The van der Waals surface area contributed by atoms with Crippen LogP contribution in [0.2, 0.25) is 0 Å². The molecule has 0 atom stereocenters. The summed E-state index contributed by atoms with van der Waals surface area (Å²) < 4.78 is 1.80. The van der Waals surface area contributed by atoms with E-state index in [0.29, 0.717) is 6.54 Å². The fraction of sp³-hybridized carbons (Fsp3) is 0.833. The summed E-state index contributed by atoms with van der Waals surface area (Å²) in [6.45, 7) is 8.09. The molecule has 0 radical (unpaired) electrons. The van der Waals surface area contributed by atoms with Crippen LogP contribution in [-0.4, -0.2) is 38.6 Å². The number of aryl methyl sites for hydroxylation is 1. The third kappa shape index (κ3) is 3.19. The quantitative estimate of drug-likeness (QED) is 0.863. The van der Waals surface area contributed by atoms with Gasteiger partial charge in [0.25, 0.3) is 0 Å². The summed E-state index contributed by atoms with van der Waals surface area (Å²) in [6.07, 6.45) is 3.75. The van der Waals surface area contributed by atoms with Gasteiger partial charge in [-0.2, -0.15) is 4.98 Å². The van der Waals surface area contributed by atoms with Crippen molar-refractivity contribution in [2.45, 2.75) is 52.2 Å². The van der Waals surface area contributed by atoms with Crippen LogP contribution in [0.1, 0.15) is 38.9 Å². The van der Waals surface area contributed by atoms with E-state index in [4.69, 9.17) is 0 Å². The summed E-state index contributed by atoms with van der Waals surface area (Å²) in [7, 11) is 0. The molecule has 2 heterocycles. The van der Waals surface area contributed by atoms with E-state index in [1.54, 1.807) is 18.5 Å². The average molecular weight is 238 g/mol. The van der Waals surface area contributed by atoms with Crippen molar-refractivity contribution in [2.24, 2.45) is 0 Å². The van der Waals surface area contributed by atoms with Crippen LogP contribution in [0.3, 0.4) is 0 Å². The molecular formula is C12H22N4O. The van der Waals surface area contributed by atoms with Crippen LogP contribution in [0.5, 0.6) is 0 Å². The van der Waals surface area contributed by atoms with Crippen LogP contribution in [0, 0.1) is 6.92 Å². The van der Waals surface area contributed by atoms with Gasteiger partial charge in [-0.3, -0.25) is 0 Å². The third-order valence-electron chi connectivity index (χ3n) is 3.02. The molecule has 0 unspecified atom stereocenters. The van der Waals surface area contributed by atoms with Crippen LogP contribution in [-0.2, 0) is 6.54 Å². The fourth-order valence-electron chi connectivity index (χ4n) is 2.15. The smallest absolute Gasteiger partial charge is 0.244 e. The Morgan fingerprint density at radius 2 is 1.88 bits per heavy atom. The summed E-state index contributed by atoms with van der Waals surface area (Å²) in [5.74, 6) is 1.68. The molecule has 1 N–H and O–H groups in total. The van der Waals surface area contributed by atoms with E-state index >= 15 is 0 Å². The molecule has 5 nitrogen and oxygen atoms in total. The maximum absolute atomic E-state index is 9.81. The van der Waals surface area contributed by atoms with Crippen molar-refractivity contribution in [1.82, 2.24) is 14.8 Å². The first kappa shape index (κ1) is 12.4. The number of piperidine rings is 1. The topological polar surface area (TPSA) is 54.2 Å². The zero-order valence-corrected chi connectivity index (χ0v) is 11.0. The molecule has 1 aliphatic heterocycles. The lowest BCUT2D eigenvalue weighted by atomic mass is 10.1. The summed E-state index contributed by atoms with van der Waals surface area (Å²) in [6, 6.07) is 0. The summed E-state index contributed by atoms with van der Waals surface area (Å²) in [5, 5.41) is 14.3. The van der Waals surface area contributed by atoms with Crippen molar-refractivity contribution < 1.29 is 5.11 Å². The second-order valence-electron chi connectivity index (χ2n) is 5.48. The van der Waals surface area contributed by atoms with Gasteiger partial charge >= 0.3 is 0 Å². The molecule has 0 bridgehead atoms. The second kappa shape index (κ2) is 4.64. The molecule has 5 heteroatoms. The number of rotatable bonds is 3. The highest BCUT2D eigenvalue weighted by Crippen LogP contribution is 2.17. The molecule has 2 rings (SSSR count). The normalized spacial score (nSPS) is 17.5. The van der Waals surface area contributed by atoms with Gasteiger partial charge < -0.3 is 10.0 Å². The number of aromatic nitrogens is 3. The van der Waals surface area contributed by atoms with Gasteiger partial charge in [-0.1, -0.05) is 0 Å². The van der Waals surface area contributed by atoms with E-state index in [1.165, 1.54) is 19.3 Å². The van der Waals surface area contributed by atoms with Crippen molar-refractivity contribution >= 4 is 5.95 Å². The van der Waals surface area contributed by atoms with Crippen molar-refractivity contribution in [1.29, 1.82) is 0 Å². The van der Waals surface area contributed by atoms with E-state index in [1.807, 2.05) is 6.92 Å². The van der Waals surface area contributed by atoms with Crippen molar-refractivity contribution in [3.8, 4) is 0 Å². The molecule has 1 aliphatic rings. The Morgan fingerprint density at radius 3 is 2.47 bits per heavy atom. The number of hydrogen-bond donors (Lipinski definition) is 1. The lowest BCUT2D eigenvalue weighted by molar-refractivity contribution is 0.0569.